The maximum Gasteiger partial charge on any atom is 0.303 e. The number of carboxylic acid groups (broad SMARTS) is 1. The molecule has 0 bridgehead atoms. The van der Waals surface area contributed by atoms with Crippen molar-refractivity contribution in [3.8, 4) is 0 Å². The zero-order chi connectivity index (χ0) is 9.56. The quantitative estimate of drug-likeness (QED) is 0.668. The fourth-order valence-corrected chi connectivity index (χ4v) is 1.53. The van der Waals surface area contributed by atoms with E-state index in [0.717, 1.165) is 19.3 Å². The average Bonchev–Trinajstić information content (AvgIpc) is 2.04. The van der Waals surface area contributed by atoms with Gasteiger partial charge in [-0.2, -0.15) is 0 Å². The summed E-state index contributed by atoms with van der Waals surface area (Å²) in [6.45, 7) is 6.50. The Labute approximate surface area is 75.0 Å². The van der Waals surface area contributed by atoms with Gasteiger partial charge in [0.15, 0.2) is 0 Å². The zero-order valence-electron chi connectivity index (χ0n) is 8.34. The van der Waals surface area contributed by atoms with Crippen LogP contribution in [0.4, 0.5) is 0 Å². The Kier molecular flexibility index (Phi) is 5.77. The molecule has 0 spiro atoms. The van der Waals surface area contributed by atoms with Crippen LogP contribution in [0, 0.1) is 11.8 Å². The lowest BCUT2D eigenvalue weighted by atomic mass is 9.86. The van der Waals surface area contributed by atoms with Gasteiger partial charge in [-0.1, -0.05) is 33.6 Å². The Balaban J connectivity index is 3.74. The molecule has 0 aromatic rings. The van der Waals surface area contributed by atoms with Gasteiger partial charge in [-0.05, 0) is 18.3 Å². The maximum absolute atomic E-state index is 10.3. The summed E-state index contributed by atoms with van der Waals surface area (Å²) in [7, 11) is 0. The van der Waals surface area contributed by atoms with Crippen LogP contribution in [0.3, 0.4) is 0 Å². The summed E-state index contributed by atoms with van der Waals surface area (Å²) in [6, 6.07) is 0. The second kappa shape index (κ2) is 6.04. The summed E-state index contributed by atoms with van der Waals surface area (Å²) in [6.07, 6.45) is 3.41. The predicted molar refractivity (Wildman–Crippen MR) is 50.1 cm³/mol. The molecule has 0 radical (unpaired) electrons. The largest absolute Gasteiger partial charge is 0.481 e. The predicted octanol–water partition coefficient (Wildman–Crippen LogP) is 2.92. The molecule has 0 fully saturated rings. The van der Waals surface area contributed by atoms with Crippen molar-refractivity contribution < 1.29 is 9.90 Å². The standard InChI is InChI=1S/C10H20O2/c1-4-8(3)9(5-2)6-7-10(11)12/h8-9H,4-7H2,1-3H3,(H,11,12). The molecule has 0 aliphatic rings. The number of aliphatic carboxylic acids is 1. The van der Waals surface area contributed by atoms with Gasteiger partial charge in [-0.25, -0.2) is 0 Å². The Hall–Kier alpha value is -0.530. The van der Waals surface area contributed by atoms with Crippen LogP contribution in [0.2, 0.25) is 0 Å². The minimum absolute atomic E-state index is 0.322. The van der Waals surface area contributed by atoms with Crippen LogP contribution >= 0.6 is 0 Å². The molecule has 2 heteroatoms. The number of rotatable bonds is 6. The molecule has 0 heterocycles. The summed E-state index contributed by atoms with van der Waals surface area (Å²) in [5.74, 6) is 0.581. The fourth-order valence-electron chi connectivity index (χ4n) is 1.53. The smallest absolute Gasteiger partial charge is 0.303 e. The van der Waals surface area contributed by atoms with Gasteiger partial charge < -0.3 is 5.11 Å². The van der Waals surface area contributed by atoms with Crippen LogP contribution in [0.1, 0.15) is 46.5 Å². The zero-order valence-corrected chi connectivity index (χ0v) is 8.34. The molecule has 1 N–H and O–H groups in total. The van der Waals surface area contributed by atoms with E-state index >= 15 is 0 Å². The number of hydrogen-bond acceptors (Lipinski definition) is 1. The normalized spacial score (nSPS) is 15.6. The fraction of sp³-hybridized carbons (Fsp3) is 0.900. The van der Waals surface area contributed by atoms with E-state index in [1.54, 1.807) is 0 Å². The molecule has 0 aromatic carbocycles. The summed E-state index contributed by atoms with van der Waals surface area (Å²) >= 11 is 0. The Morgan fingerprint density at radius 2 is 1.92 bits per heavy atom. The van der Waals surface area contributed by atoms with Gasteiger partial charge in [-0.3, -0.25) is 4.79 Å². The molecule has 0 rings (SSSR count). The van der Waals surface area contributed by atoms with Gasteiger partial charge in [0.05, 0.1) is 0 Å². The molecule has 72 valence electrons. The molecule has 0 saturated heterocycles. The molecule has 2 atom stereocenters. The van der Waals surface area contributed by atoms with E-state index in [2.05, 4.69) is 20.8 Å². The lowest BCUT2D eigenvalue weighted by Crippen LogP contribution is -2.11. The van der Waals surface area contributed by atoms with Crippen LogP contribution in [0.5, 0.6) is 0 Å². The first-order chi connectivity index (χ1) is 5.61. The Morgan fingerprint density at radius 3 is 2.25 bits per heavy atom. The van der Waals surface area contributed by atoms with Crippen LogP contribution in [-0.2, 0) is 4.79 Å². The maximum atomic E-state index is 10.3. The third-order valence-corrected chi connectivity index (χ3v) is 2.70. The monoisotopic (exact) mass is 172 g/mol. The van der Waals surface area contributed by atoms with E-state index in [0.29, 0.717) is 18.3 Å². The molecule has 0 saturated carbocycles. The first-order valence-electron chi connectivity index (χ1n) is 4.83. The van der Waals surface area contributed by atoms with Crippen LogP contribution in [0.25, 0.3) is 0 Å². The highest BCUT2D eigenvalue weighted by atomic mass is 16.4. The average molecular weight is 172 g/mol. The summed E-state index contributed by atoms with van der Waals surface area (Å²) in [5.41, 5.74) is 0. The van der Waals surface area contributed by atoms with Gasteiger partial charge in [0.1, 0.15) is 0 Å². The summed E-state index contributed by atoms with van der Waals surface area (Å²) < 4.78 is 0. The first-order valence-corrected chi connectivity index (χ1v) is 4.83. The van der Waals surface area contributed by atoms with Gasteiger partial charge in [-0.15, -0.1) is 0 Å². The minimum Gasteiger partial charge on any atom is -0.481 e. The SMILES string of the molecule is CCC(C)C(CC)CCC(=O)O. The van der Waals surface area contributed by atoms with Gasteiger partial charge in [0.25, 0.3) is 0 Å². The second-order valence-electron chi connectivity index (χ2n) is 3.49. The van der Waals surface area contributed by atoms with Gasteiger partial charge in [0, 0.05) is 6.42 Å². The molecule has 12 heavy (non-hydrogen) atoms. The third kappa shape index (κ3) is 4.37. The van der Waals surface area contributed by atoms with E-state index in [-0.39, 0.29) is 0 Å². The van der Waals surface area contributed by atoms with E-state index in [4.69, 9.17) is 5.11 Å². The number of carbonyl (C=O) groups is 1. The molecule has 0 amide bonds. The van der Waals surface area contributed by atoms with E-state index in [1.165, 1.54) is 0 Å². The van der Waals surface area contributed by atoms with Crippen LogP contribution in [0.15, 0.2) is 0 Å². The lowest BCUT2D eigenvalue weighted by Gasteiger charge is -2.20. The minimum atomic E-state index is -0.670. The lowest BCUT2D eigenvalue weighted by molar-refractivity contribution is -0.137. The van der Waals surface area contributed by atoms with Crippen molar-refractivity contribution in [2.75, 3.05) is 0 Å². The van der Waals surface area contributed by atoms with Crippen molar-refractivity contribution in [1.82, 2.24) is 0 Å². The topological polar surface area (TPSA) is 37.3 Å². The van der Waals surface area contributed by atoms with Crippen LogP contribution < -0.4 is 0 Å². The molecular weight excluding hydrogens is 152 g/mol. The molecule has 0 aromatic heterocycles. The summed E-state index contributed by atoms with van der Waals surface area (Å²) in [4.78, 5) is 10.3. The van der Waals surface area contributed by atoms with E-state index in [9.17, 15) is 4.79 Å². The van der Waals surface area contributed by atoms with Gasteiger partial charge in [0.2, 0.25) is 0 Å². The highest BCUT2D eigenvalue weighted by molar-refractivity contribution is 5.66. The molecule has 0 aliphatic heterocycles. The van der Waals surface area contributed by atoms with Crippen molar-refractivity contribution >= 4 is 5.97 Å². The molecule has 2 nitrogen and oxygen atoms in total. The second-order valence-corrected chi connectivity index (χ2v) is 3.49. The molecule has 0 aliphatic carbocycles. The highest BCUT2D eigenvalue weighted by Crippen LogP contribution is 2.23. The Morgan fingerprint density at radius 1 is 1.33 bits per heavy atom. The van der Waals surface area contributed by atoms with Crippen molar-refractivity contribution in [1.29, 1.82) is 0 Å². The Bertz CT molecular complexity index is 132. The summed E-state index contributed by atoms with van der Waals surface area (Å²) in [5, 5.41) is 8.51. The molecule has 2 unspecified atom stereocenters. The number of carboxylic acids is 1. The van der Waals surface area contributed by atoms with Crippen molar-refractivity contribution in [3.63, 3.8) is 0 Å². The first kappa shape index (κ1) is 11.5. The van der Waals surface area contributed by atoms with Crippen molar-refractivity contribution in [3.05, 3.63) is 0 Å². The van der Waals surface area contributed by atoms with Crippen molar-refractivity contribution in [2.24, 2.45) is 11.8 Å². The van der Waals surface area contributed by atoms with Crippen LogP contribution in [-0.4, -0.2) is 11.1 Å². The van der Waals surface area contributed by atoms with E-state index in [1.807, 2.05) is 0 Å². The van der Waals surface area contributed by atoms with Gasteiger partial charge >= 0.3 is 5.97 Å². The third-order valence-electron chi connectivity index (χ3n) is 2.70. The highest BCUT2D eigenvalue weighted by Gasteiger charge is 2.14. The van der Waals surface area contributed by atoms with E-state index < -0.39 is 5.97 Å². The number of hydrogen-bond donors (Lipinski definition) is 1. The van der Waals surface area contributed by atoms with Crippen molar-refractivity contribution in [2.45, 2.75) is 46.5 Å². The molecular formula is C10H20O2.